The molecule has 1 amide bonds. The van der Waals surface area contributed by atoms with Gasteiger partial charge in [-0.05, 0) is 64.3 Å². The highest BCUT2D eigenvalue weighted by atomic mass is 79.9. The molecule has 0 aromatic heterocycles. The first kappa shape index (κ1) is 14.2. The summed E-state index contributed by atoms with van der Waals surface area (Å²) in [5, 5.41) is 6.17. The van der Waals surface area contributed by atoms with Gasteiger partial charge >= 0.3 is 0 Å². The van der Waals surface area contributed by atoms with Gasteiger partial charge in [0, 0.05) is 16.7 Å². The third-order valence-electron chi connectivity index (χ3n) is 3.57. The van der Waals surface area contributed by atoms with Crippen molar-refractivity contribution in [1.29, 1.82) is 0 Å². The minimum absolute atomic E-state index is 0.288. The van der Waals surface area contributed by atoms with Gasteiger partial charge in [-0.3, -0.25) is 4.79 Å². The predicted octanol–water partition coefficient (Wildman–Crippen LogP) is 3.49. The van der Waals surface area contributed by atoms with Crippen molar-refractivity contribution in [3.05, 3.63) is 63.4 Å². The molecule has 5 heteroatoms. The van der Waals surface area contributed by atoms with Crippen molar-refractivity contribution in [3.63, 3.8) is 0 Å². The van der Waals surface area contributed by atoms with E-state index in [-0.39, 0.29) is 11.5 Å². The van der Waals surface area contributed by atoms with E-state index in [9.17, 15) is 9.18 Å². The Labute approximate surface area is 130 Å². The third-order valence-corrected chi connectivity index (χ3v) is 4.26. The van der Waals surface area contributed by atoms with Crippen LogP contribution in [0.15, 0.2) is 40.9 Å². The summed E-state index contributed by atoms with van der Waals surface area (Å²) in [4.78, 5) is 12.3. The van der Waals surface area contributed by atoms with Crippen molar-refractivity contribution < 1.29 is 9.18 Å². The van der Waals surface area contributed by atoms with Crippen molar-refractivity contribution in [3.8, 4) is 0 Å². The largest absolute Gasteiger partial charge is 0.322 e. The Bertz CT molecular complexity index is 703. The average molecular weight is 349 g/mol. The lowest BCUT2D eigenvalue weighted by molar-refractivity contribution is 0.102. The van der Waals surface area contributed by atoms with E-state index < -0.39 is 5.82 Å². The predicted molar refractivity (Wildman–Crippen MR) is 83.9 cm³/mol. The molecule has 1 heterocycles. The van der Waals surface area contributed by atoms with E-state index in [1.54, 1.807) is 0 Å². The zero-order valence-electron chi connectivity index (χ0n) is 11.2. The number of hydrogen-bond acceptors (Lipinski definition) is 2. The SMILES string of the molecule is O=C(Nc1cccc2c1CNCC2)c1cc(F)ccc1Br. The summed E-state index contributed by atoms with van der Waals surface area (Å²) in [6.07, 6.45) is 0.947. The highest BCUT2D eigenvalue weighted by Gasteiger charge is 2.16. The van der Waals surface area contributed by atoms with Crippen LogP contribution in [-0.2, 0) is 13.0 Å². The number of carbonyl (C=O) groups excluding carboxylic acids is 1. The molecule has 2 aromatic rings. The number of hydrogen-bond donors (Lipinski definition) is 2. The summed E-state index contributed by atoms with van der Waals surface area (Å²) in [7, 11) is 0. The monoisotopic (exact) mass is 348 g/mol. The van der Waals surface area contributed by atoms with Crippen LogP contribution in [0.2, 0.25) is 0 Å². The molecular weight excluding hydrogens is 335 g/mol. The summed E-state index contributed by atoms with van der Waals surface area (Å²) >= 11 is 3.28. The zero-order valence-corrected chi connectivity index (χ0v) is 12.8. The Morgan fingerprint density at radius 1 is 1.29 bits per heavy atom. The molecule has 0 radical (unpaired) electrons. The van der Waals surface area contributed by atoms with Gasteiger partial charge in [0.1, 0.15) is 5.82 Å². The lowest BCUT2D eigenvalue weighted by Gasteiger charge is -2.20. The number of amides is 1. The molecule has 0 bridgehead atoms. The van der Waals surface area contributed by atoms with Gasteiger partial charge < -0.3 is 10.6 Å². The summed E-state index contributed by atoms with van der Waals surface area (Å²) in [6.45, 7) is 1.68. The van der Waals surface area contributed by atoms with Crippen LogP contribution in [0.1, 0.15) is 21.5 Å². The van der Waals surface area contributed by atoms with E-state index in [0.717, 1.165) is 30.8 Å². The first-order chi connectivity index (χ1) is 10.1. The van der Waals surface area contributed by atoms with Gasteiger partial charge in [-0.15, -0.1) is 0 Å². The molecule has 0 aliphatic carbocycles. The Balaban J connectivity index is 1.90. The molecule has 0 fully saturated rings. The van der Waals surface area contributed by atoms with Crippen LogP contribution < -0.4 is 10.6 Å². The zero-order chi connectivity index (χ0) is 14.8. The molecule has 1 aliphatic rings. The molecule has 108 valence electrons. The minimum Gasteiger partial charge on any atom is -0.322 e. The Hall–Kier alpha value is -1.72. The van der Waals surface area contributed by atoms with E-state index in [2.05, 4.69) is 32.6 Å². The molecular formula is C16H14BrFN2O. The Morgan fingerprint density at radius 2 is 2.14 bits per heavy atom. The van der Waals surface area contributed by atoms with Crippen LogP contribution in [0.4, 0.5) is 10.1 Å². The standard InChI is InChI=1S/C16H14BrFN2O/c17-14-5-4-11(18)8-12(14)16(21)20-15-3-1-2-10-6-7-19-9-13(10)15/h1-5,8,19H,6-7,9H2,(H,20,21). The fourth-order valence-electron chi connectivity index (χ4n) is 2.49. The van der Waals surface area contributed by atoms with Gasteiger partial charge in [0.05, 0.1) is 5.56 Å². The quantitative estimate of drug-likeness (QED) is 0.872. The van der Waals surface area contributed by atoms with Crippen molar-refractivity contribution in [2.24, 2.45) is 0 Å². The van der Waals surface area contributed by atoms with Crippen LogP contribution in [0.25, 0.3) is 0 Å². The van der Waals surface area contributed by atoms with E-state index in [1.165, 1.54) is 23.8 Å². The van der Waals surface area contributed by atoms with Gasteiger partial charge in [-0.1, -0.05) is 12.1 Å². The normalized spacial score (nSPS) is 13.6. The molecule has 0 atom stereocenters. The van der Waals surface area contributed by atoms with Crippen LogP contribution in [0, 0.1) is 5.82 Å². The first-order valence-corrected chi connectivity index (χ1v) is 7.52. The van der Waals surface area contributed by atoms with E-state index in [1.807, 2.05) is 12.1 Å². The summed E-state index contributed by atoms with van der Waals surface area (Å²) in [5.74, 6) is -0.750. The van der Waals surface area contributed by atoms with E-state index in [4.69, 9.17) is 0 Å². The Morgan fingerprint density at radius 3 is 3.00 bits per heavy atom. The maximum absolute atomic E-state index is 13.3. The fourth-order valence-corrected chi connectivity index (χ4v) is 2.92. The highest BCUT2D eigenvalue weighted by molar-refractivity contribution is 9.10. The molecule has 0 saturated heterocycles. The van der Waals surface area contributed by atoms with Crippen LogP contribution in [0.3, 0.4) is 0 Å². The van der Waals surface area contributed by atoms with E-state index >= 15 is 0 Å². The number of anilines is 1. The van der Waals surface area contributed by atoms with Crippen molar-refractivity contribution in [1.82, 2.24) is 5.32 Å². The number of halogens is 2. The lowest BCUT2D eigenvalue weighted by atomic mass is 9.99. The molecule has 3 nitrogen and oxygen atoms in total. The number of benzene rings is 2. The molecule has 1 aliphatic heterocycles. The maximum Gasteiger partial charge on any atom is 0.256 e. The number of fused-ring (bicyclic) bond motifs is 1. The molecule has 0 saturated carbocycles. The van der Waals surface area contributed by atoms with Crippen molar-refractivity contribution >= 4 is 27.5 Å². The smallest absolute Gasteiger partial charge is 0.256 e. The number of nitrogens with one attached hydrogen (secondary N) is 2. The molecule has 0 spiro atoms. The molecule has 2 N–H and O–H groups in total. The van der Waals surface area contributed by atoms with Crippen LogP contribution >= 0.6 is 15.9 Å². The second kappa shape index (κ2) is 5.95. The molecule has 21 heavy (non-hydrogen) atoms. The first-order valence-electron chi connectivity index (χ1n) is 6.73. The second-order valence-corrected chi connectivity index (χ2v) is 5.80. The molecule has 0 unspecified atom stereocenters. The minimum atomic E-state index is -0.430. The Kier molecular flexibility index (Phi) is 4.03. The van der Waals surface area contributed by atoms with Crippen molar-refractivity contribution in [2.45, 2.75) is 13.0 Å². The maximum atomic E-state index is 13.3. The highest BCUT2D eigenvalue weighted by Crippen LogP contribution is 2.25. The van der Waals surface area contributed by atoms with Gasteiger partial charge in [0.15, 0.2) is 0 Å². The molecule has 2 aromatic carbocycles. The summed E-state index contributed by atoms with van der Waals surface area (Å²) in [5.41, 5.74) is 3.41. The topological polar surface area (TPSA) is 41.1 Å². The van der Waals surface area contributed by atoms with Gasteiger partial charge in [0.25, 0.3) is 5.91 Å². The van der Waals surface area contributed by atoms with E-state index in [0.29, 0.717) is 4.47 Å². The fraction of sp³-hybridized carbons (Fsp3) is 0.188. The van der Waals surface area contributed by atoms with Crippen LogP contribution in [0.5, 0.6) is 0 Å². The molecule has 3 rings (SSSR count). The van der Waals surface area contributed by atoms with Crippen molar-refractivity contribution in [2.75, 3.05) is 11.9 Å². The van der Waals surface area contributed by atoms with Gasteiger partial charge in [-0.2, -0.15) is 0 Å². The average Bonchev–Trinajstić information content (AvgIpc) is 2.50. The summed E-state index contributed by atoms with van der Waals surface area (Å²) < 4.78 is 13.9. The number of carbonyl (C=O) groups is 1. The second-order valence-electron chi connectivity index (χ2n) is 4.95. The summed E-state index contributed by atoms with van der Waals surface area (Å²) in [6, 6.07) is 9.95. The third kappa shape index (κ3) is 2.99. The number of rotatable bonds is 2. The van der Waals surface area contributed by atoms with Gasteiger partial charge in [-0.25, -0.2) is 4.39 Å². The van der Waals surface area contributed by atoms with Gasteiger partial charge in [0.2, 0.25) is 0 Å². The van der Waals surface area contributed by atoms with Crippen LogP contribution in [-0.4, -0.2) is 12.5 Å². The lowest BCUT2D eigenvalue weighted by Crippen LogP contribution is -2.25.